The highest BCUT2D eigenvalue weighted by atomic mass is 16.5. The number of carbonyl (C=O) groups excluding carboxylic acids is 2. The van der Waals surface area contributed by atoms with E-state index in [1.165, 1.54) is 0 Å². The standard InChI is InChI=1S/C29H45NO5.C2H4/c1-4-5-6-7-8-9-10-11-12-13-14-15-16-17-18-19-20-21-28(34)35-25-29(2,3)24-26(31)30-23-22-27(32)33;1-2/h5-6,8-9,11-12,14-15,17-18H,4,7,10,13,16,19-25H2,1-3H3,(H,30,31)(H,32,33);1-2H2/b6-5-,9-8-,12-11-,15-14-,18-17-;. The Morgan fingerprint density at radius 2 is 1.30 bits per heavy atom. The van der Waals surface area contributed by atoms with Crippen molar-refractivity contribution in [3.63, 3.8) is 0 Å². The summed E-state index contributed by atoms with van der Waals surface area (Å²) in [6, 6.07) is 0. The van der Waals surface area contributed by atoms with Crippen LogP contribution >= 0.6 is 0 Å². The van der Waals surface area contributed by atoms with Crippen LogP contribution in [-0.2, 0) is 19.1 Å². The lowest BCUT2D eigenvalue weighted by molar-refractivity contribution is -0.148. The molecule has 6 heteroatoms. The minimum absolute atomic E-state index is 0.0971. The van der Waals surface area contributed by atoms with Crippen LogP contribution in [0.2, 0.25) is 0 Å². The van der Waals surface area contributed by atoms with Gasteiger partial charge in [0.2, 0.25) is 5.91 Å². The third-order valence-corrected chi connectivity index (χ3v) is 4.83. The van der Waals surface area contributed by atoms with Gasteiger partial charge in [-0.15, -0.1) is 13.2 Å². The Hall–Kier alpha value is -3.15. The van der Waals surface area contributed by atoms with Crippen molar-refractivity contribution in [1.29, 1.82) is 0 Å². The molecule has 0 heterocycles. The van der Waals surface area contributed by atoms with E-state index in [0.717, 1.165) is 44.9 Å². The summed E-state index contributed by atoms with van der Waals surface area (Å²) >= 11 is 0. The third-order valence-electron chi connectivity index (χ3n) is 4.83. The molecule has 0 spiro atoms. The lowest BCUT2D eigenvalue weighted by atomic mass is 9.90. The van der Waals surface area contributed by atoms with E-state index >= 15 is 0 Å². The Labute approximate surface area is 224 Å². The fourth-order valence-corrected chi connectivity index (χ4v) is 2.94. The molecule has 0 bridgehead atoms. The van der Waals surface area contributed by atoms with Gasteiger partial charge in [0.25, 0.3) is 0 Å². The molecule has 0 radical (unpaired) electrons. The minimum Gasteiger partial charge on any atom is -0.481 e. The first-order chi connectivity index (χ1) is 17.8. The monoisotopic (exact) mass is 515 g/mol. The molecule has 1 amide bonds. The predicted molar refractivity (Wildman–Crippen MR) is 154 cm³/mol. The van der Waals surface area contributed by atoms with Gasteiger partial charge in [0, 0.05) is 24.8 Å². The molecule has 0 unspecified atom stereocenters. The SMILES string of the molecule is C=C.CC/C=C\C/C=C\C/C=C\C/C=C\C/C=C\CCCC(=O)OCC(C)(C)CC(=O)NCCC(=O)O. The lowest BCUT2D eigenvalue weighted by Crippen LogP contribution is -2.33. The van der Waals surface area contributed by atoms with E-state index in [-0.39, 0.29) is 37.9 Å². The maximum atomic E-state index is 11.9. The first kappa shape index (κ1) is 36.0. The molecule has 37 heavy (non-hydrogen) atoms. The number of carbonyl (C=O) groups is 3. The number of amides is 1. The van der Waals surface area contributed by atoms with Crippen LogP contribution in [0.1, 0.15) is 85.0 Å². The van der Waals surface area contributed by atoms with Gasteiger partial charge in [0.1, 0.15) is 0 Å². The molecule has 6 nitrogen and oxygen atoms in total. The molecule has 0 aliphatic heterocycles. The first-order valence-electron chi connectivity index (χ1n) is 13.2. The quantitative estimate of drug-likeness (QED) is 0.101. The molecule has 2 N–H and O–H groups in total. The highest BCUT2D eigenvalue weighted by molar-refractivity contribution is 5.77. The van der Waals surface area contributed by atoms with E-state index in [2.05, 4.69) is 86.2 Å². The number of hydrogen-bond acceptors (Lipinski definition) is 4. The molecule has 0 aromatic carbocycles. The highest BCUT2D eigenvalue weighted by Gasteiger charge is 2.24. The van der Waals surface area contributed by atoms with Crippen molar-refractivity contribution in [2.75, 3.05) is 13.2 Å². The van der Waals surface area contributed by atoms with E-state index in [9.17, 15) is 14.4 Å². The molecular formula is C31H49NO5. The smallest absolute Gasteiger partial charge is 0.305 e. The van der Waals surface area contributed by atoms with Gasteiger partial charge < -0.3 is 15.2 Å². The Morgan fingerprint density at radius 1 is 0.811 bits per heavy atom. The summed E-state index contributed by atoms with van der Waals surface area (Å²) in [7, 11) is 0. The zero-order valence-corrected chi connectivity index (χ0v) is 23.3. The van der Waals surface area contributed by atoms with Crippen LogP contribution in [0.15, 0.2) is 73.9 Å². The number of hydrogen-bond donors (Lipinski definition) is 2. The number of carboxylic acid groups (broad SMARTS) is 1. The summed E-state index contributed by atoms with van der Waals surface area (Å²) in [5, 5.41) is 11.2. The number of carboxylic acids is 1. The second-order valence-electron chi connectivity index (χ2n) is 9.10. The van der Waals surface area contributed by atoms with Crippen molar-refractivity contribution in [3.05, 3.63) is 73.9 Å². The average molecular weight is 516 g/mol. The molecule has 0 aromatic rings. The Kier molecular flexibility index (Phi) is 25.2. The van der Waals surface area contributed by atoms with Crippen LogP contribution in [0.3, 0.4) is 0 Å². The van der Waals surface area contributed by atoms with E-state index in [4.69, 9.17) is 9.84 Å². The second-order valence-corrected chi connectivity index (χ2v) is 9.10. The van der Waals surface area contributed by atoms with Crippen LogP contribution in [0, 0.1) is 5.41 Å². The number of unbranched alkanes of at least 4 members (excludes halogenated alkanes) is 1. The lowest BCUT2D eigenvalue weighted by Gasteiger charge is -2.23. The number of allylic oxidation sites excluding steroid dienone is 10. The van der Waals surface area contributed by atoms with Gasteiger partial charge in [-0.1, -0.05) is 81.5 Å². The Morgan fingerprint density at radius 3 is 1.78 bits per heavy atom. The molecule has 208 valence electrons. The molecule has 0 aliphatic carbocycles. The van der Waals surface area contributed by atoms with Crippen LogP contribution < -0.4 is 5.32 Å². The summed E-state index contributed by atoms with van der Waals surface area (Å²) in [4.78, 5) is 34.3. The van der Waals surface area contributed by atoms with Gasteiger partial charge in [0.15, 0.2) is 0 Å². The van der Waals surface area contributed by atoms with Crippen molar-refractivity contribution in [3.8, 4) is 0 Å². The Balaban J connectivity index is 0. The molecule has 0 aliphatic rings. The summed E-state index contributed by atoms with van der Waals surface area (Å²) in [5.74, 6) is -1.47. The summed E-state index contributed by atoms with van der Waals surface area (Å²) < 4.78 is 5.32. The Bertz CT molecular complexity index is 760. The number of aliphatic carboxylic acids is 1. The third kappa shape index (κ3) is 29.0. The van der Waals surface area contributed by atoms with Crippen molar-refractivity contribution >= 4 is 17.8 Å². The van der Waals surface area contributed by atoms with Crippen molar-refractivity contribution in [2.24, 2.45) is 5.41 Å². The second kappa shape index (κ2) is 25.9. The number of esters is 1. The zero-order chi connectivity index (χ0) is 28.2. The van der Waals surface area contributed by atoms with E-state index in [0.29, 0.717) is 6.42 Å². The summed E-state index contributed by atoms with van der Waals surface area (Å²) in [6.45, 7) is 12.1. The van der Waals surface area contributed by atoms with Gasteiger partial charge in [0.05, 0.1) is 13.0 Å². The molecule has 0 fully saturated rings. The van der Waals surface area contributed by atoms with Crippen LogP contribution in [0.4, 0.5) is 0 Å². The summed E-state index contributed by atoms with van der Waals surface area (Å²) in [6.07, 6.45) is 28.4. The van der Waals surface area contributed by atoms with E-state index in [1.807, 2.05) is 13.8 Å². The zero-order valence-electron chi connectivity index (χ0n) is 23.3. The molecule has 0 saturated carbocycles. The topological polar surface area (TPSA) is 92.7 Å². The van der Waals surface area contributed by atoms with Crippen LogP contribution in [-0.4, -0.2) is 36.1 Å². The van der Waals surface area contributed by atoms with Gasteiger partial charge in [-0.2, -0.15) is 0 Å². The van der Waals surface area contributed by atoms with Gasteiger partial charge in [-0.3, -0.25) is 14.4 Å². The minimum atomic E-state index is -0.955. The molecule has 0 atom stereocenters. The van der Waals surface area contributed by atoms with E-state index < -0.39 is 11.4 Å². The molecule has 0 rings (SSSR count). The fourth-order valence-electron chi connectivity index (χ4n) is 2.94. The molecule has 0 saturated heterocycles. The maximum Gasteiger partial charge on any atom is 0.305 e. The first-order valence-corrected chi connectivity index (χ1v) is 13.2. The van der Waals surface area contributed by atoms with E-state index in [1.54, 1.807) is 0 Å². The number of rotatable bonds is 20. The largest absolute Gasteiger partial charge is 0.481 e. The van der Waals surface area contributed by atoms with Crippen molar-refractivity contribution < 1.29 is 24.2 Å². The molecule has 0 aromatic heterocycles. The fraction of sp³-hybridized carbons (Fsp3) is 0.516. The normalized spacial score (nSPS) is 12.0. The molecular weight excluding hydrogens is 466 g/mol. The number of ether oxygens (including phenoxy) is 1. The van der Waals surface area contributed by atoms with Gasteiger partial charge in [-0.05, 0) is 44.9 Å². The van der Waals surface area contributed by atoms with Crippen LogP contribution in [0.5, 0.6) is 0 Å². The maximum absolute atomic E-state index is 11.9. The number of nitrogens with one attached hydrogen (secondary N) is 1. The van der Waals surface area contributed by atoms with Crippen molar-refractivity contribution in [2.45, 2.75) is 85.0 Å². The predicted octanol–water partition coefficient (Wildman–Crippen LogP) is 7.26. The average Bonchev–Trinajstić information content (AvgIpc) is 2.85. The van der Waals surface area contributed by atoms with Crippen molar-refractivity contribution in [1.82, 2.24) is 5.32 Å². The van der Waals surface area contributed by atoms with Gasteiger partial charge in [-0.25, -0.2) is 0 Å². The summed E-state index contributed by atoms with van der Waals surface area (Å²) in [5.41, 5.74) is -0.507. The van der Waals surface area contributed by atoms with Gasteiger partial charge >= 0.3 is 11.9 Å². The van der Waals surface area contributed by atoms with Crippen LogP contribution in [0.25, 0.3) is 0 Å². The highest BCUT2D eigenvalue weighted by Crippen LogP contribution is 2.21.